The Morgan fingerprint density at radius 2 is 2.20 bits per heavy atom. The van der Waals surface area contributed by atoms with E-state index in [-0.39, 0.29) is 29.3 Å². The van der Waals surface area contributed by atoms with Gasteiger partial charge in [0.25, 0.3) is 0 Å². The normalized spacial score (nSPS) is 15.5. The van der Waals surface area contributed by atoms with Crippen molar-refractivity contribution in [3.05, 3.63) is 23.5 Å². The van der Waals surface area contributed by atoms with Crippen molar-refractivity contribution in [1.29, 1.82) is 0 Å². The van der Waals surface area contributed by atoms with Gasteiger partial charge in [-0.25, -0.2) is 9.18 Å². The number of ether oxygens (including phenoxy) is 1. The molecule has 2 rings (SSSR count). The van der Waals surface area contributed by atoms with Crippen molar-refractivity contribution in [2.75, 3.05) is 37.4 Å². The number of hydrogen-bond donors (Lipinski definition) is 2. The van der Waals surface area contributed by atoms with Crippen molar-refractivity contribution in [2.24, 2.45) is 0 Å². The zero-order chi connectivity index (χ0) is 14.7. The van der Waals surface area contributed by atoms with Crippen molar-refractivity contribution in [3.8, 4) is 0 Å². The molecule has 1 aliphatic heterocycles. The largest absolute Gasteiger partial charge is 0.465 e. The standard InChI is InChI=1S/C13H16FN3O3/c1-20-13(19)8-6-11(9(14)7-10(8)15)17-4-2-12(18)16-3-5-17/h6-7H,2-5,15H2,1H3,(H,16,18). The summed E-state index contributed by atoms with van der Waals surface area (Å²) in [6.07, 6.45) is 0.275. The van der Waals surface area contributed by atoms with Crippen molar-refractivity contribution in [3.63, 3.8) is 0 Å². The molecule has 0 saturated carbocycles. The molecule has 3 N–H and O–H groups in total. The van der Waals surface area contributed by atoms with Crippen molar-refractivity contribution in [1.82, 2.24) is 5.32 Å². The van der Waals surface area contributed by atoms with Crippen LogP contribution in [0.2, 0.25) is 0 Å². The highest BCUT2D eigenvalue weighted by atomic mass is 19.1. The molecule has 0 atom stereocenters. The molecule has 0 radical (unpaired) electrons. The maximum Gasteiger partial charge on any atom is 0.340 e. The number of nitrogens with zero attached hydrogens (tertiary/aromatic N) is 1. The minimum atomic E-state index is -0.618. The van der Waals surface area contributed by atoms with Crippen LogP contribution in [0.15, 0.2) is 12.1 Å². The van der Waals surface area contributed by atoms with E-state index in [0.717, 1.165) is 6.07 Å². The Labute approximate surface area is 115 Å². The van der Waals surface area contributed by atoms with Gasteiger partial charge in [-0.1, -0.05) is 0 Å². The Balaban J connectivity index is 2.35. The van der Waals surface area contributed by atoms with Gasteiger partial charge in [-0.15, -0.1) is 0 Å². The summed E-state index contributed by atoms with van der Waals surface area (Å²) in [5.41, 5.74) is 6.02. The van der Waals surface area contributed by atoms with Crippen LogP contribution in [0.1, 0.15) is 16.8 Å². The average molecular weight is 281 g/mol. The highest BCUT2D eigenvalue weighted by Crippen LogP contribution is 2.26. The van der Waals surface area contributed by atoms with E-state index in [1.165, 1.54) is 13.2 Å². The summed E-state index contributed by atoms with van der Waals surface area (Å²) in [5, 5.41) is 2.70. The number of rotatable bonds is 2. The number of hydrogen-bond acceptors (Lipinski definition) is 5. The van der Waals surface area contributed by atoms with Crippen LogP contribution in [0.25, 0.3) is 0 Å². The summed E-state index contributed by atoms with van der Waals surface area (Å²) >= 11 is 0. The maximum atomic E-state index is 14.0. The number of halogens is 1. The van der Waals surface area contributed by atoms with Gasteiger partial charge in [0.1, 0.15) is 5.82 Å². The van der Waals surface area contributed by atoms with Gasteiger partial charge in [-0.2, -0.15) is 0 Å². The fourth-order valence-electron chi connectivity index (χ4n) is 2.11. The Bertz CT molecular complexity index is 548. The van der Waals surface area contributed by atoms with E-state index in [1.807, 2.05) is 0 Å². The van der Waals surface area contributed by atoms with Crippen LogP contribution in [0, 0.1) is 5.82 Å². The van der Waals surface area contributed by atoms with Gasteiger partial charge in [0, 0.05) is 31.7 Å². The van der Waals surface area contributed by atoms with Crippen molar-refractivity contribution < 1.29 is 18.7 Å². The molecule has 0 unspecified atom stereocenters. The number of amides is 1. The minimum Gasteiger partial charge on any atom is -0.465 e. The first-order valence-electron chi connectivity index (χ1n) is 6.22. The quantitative estimate of drug-likeness (QED) is 0.610. The number of anilines is 2. The van der Waals surface area contributed by atoms with Gasteiger partial charge in [0.2, 0.25) is 5.91 Å². The summed E-state index contributed by atoms with van der Waals surface area (Å²) in [7, 11) is 1.24. The fourth-order valence-corrected chi connectivity index (χ4v) is 2.11. The third-order valence-corrected chi connectivity index (χ3v) is 3.18. The Morgan fingerprint density at radius 1 is 1.45 bits per heavy atom. The van der Waals surface area contributed by atoms with Gasteiger partial charge in [-0.05, 0) is 12.1 Å². The monoisotopic (exact) mass is 281 g/mol. The lowest BCUT2D eigenvalue weighted by Gasteiger charge is -2.23. The van der Waals surface area contributed by atoms with E-state index in [4.69, 9.17) is 5.73 Å². The summed E-state index contributed by atoms with van der Waals surface area (Å²) in [6.45, 7) is 1.27. The van der Waals surface area contributed by atoms with Gasteiger partial charge in [0.15, 0.2) is 0 Å². The molecule has 1 aliphatic rings. The number of carbonyl (C=O) groups excluding carboxylic acids is 2. The first-order valence-corrected chi connectivity index (χ1v) is 6.22. The van der Waals surface area contributed by atoms with E-state index < -0.39 is 11.8 Å². The molecule has 1 fully saturated rings. The minimum absolute atomic E-state index is 0.0297. The predicted octanol–water partition coefficient (Wildman–Crippen LogP) is 0.521. The second-order valence-electron chi connectivity index (χ2n) is 4.47. The van der Waals surface area contributed by atoms with Gasteiger partial charge >= 0.3 is 5.97 Å². The molecule has 1 amide bonds. The maximum absolute atomic E-state index is 14.0. The molecule has 7 heteroatoms. The highest BCUT2D eigenvalue weighted by Gasteiger charge is 2.20. The van der Waals surface area contributed by atoms with Crippen LogP contribution in [0.3, 0.4) is 0 Å². The molecule has 1 aromatic carbocycles. The molecule has 1 aromatic rings. The second-order valence-corrected chi connectivity index (χ2v) is 4.47. The molecule has 0 aliphatic carbocycles. The number of methoxy groups -OCH3 is 1. The van der Waals surface area contributed by atoms with Gasteiger partial charge < -0.3 is 20.7 Å². The van der Waals surface area contributed by atoms with Crippen molar-refractivity contribution >= 4 is 23.3 Å². The smallest absolute Gasteiger partial charge is 0.340 e. The van der Waals surface area contributed by atoms with Crippen molar-refractivity contribution in [2.45, 2.75) is 6.42 Å². The fraction of sp³-hybridized carbons (Fsp3) is 0.385. The highest BCUT2D eigenvalue weighted by molar-refractivity contribution is 5.96. The summed E-state index contributed by atoms with van der Waals surface area (Å²) in [4.78, 5) is 24.6. The zero-order valence-electron chi connectivity index (χ0n) is 11.1. The lowest BCUT2D eigenvalue weighted by Crippen LogP contribution is -2.29. The third-order valence-electron chi connectivity index (χ3n) is 3.18. The van der Waals surface area contributed by atoms with E-state index >= 15 is 0 Å². The van der Waals surface area contributed by atoms with Crippen LogP contribution in [0.5, 0.6) is 0 Å². The van der Waals surface area contributed by atoms with E-state index in [2.05, 4.69) is 10.1 Å². The number of benzene rings is 1. The molecule has 0 bridgehead atoms. The molecule has 0 spiro atoms. The SMILES string of the molecule is COC(=O)c1cc(N2CCNC(=O)CC2)c(F)cc1N. The topological polar surface area (TPSA) is 84.7 Å². The zero-order valence-corrected chi connectivity index (χ0v) is 11.1. The molecular weight excluding hydrogens is 265 g/mol. The Hall–Kier alpha value is -2.31. The number of esters is 1. The van der Waals surface area contributed by atoms with Gasteiger partial charge in [0.05, 0.1) is 18.4 Å². The molecule has 1 saturated heterocycles. The first-order chi connectivity index (χ1) is 9.52. The second kappa shape index (κ2) is 5.77. The summed E-state index contributed by atoms with van der Waals surface area (Å²) in [5.74, 6) is -1.21. The number of nitrogens with two attached hydrogens (primary N) is 1. The lowest BCUT2D eigenvalue weighted by atomic mass is 10.1. The molecule has 6 nitrogen and oxygen atoms in total. The lowest BCUT2D eigenvalue weighted by molar-refractivity contribution is -0.120. The van der Waals surface area contributed by atoms with Crippen LogP contribution in [-0.2, 0) is 9.53 Å². The third kappa shape index (κ3) is 2.81. The molecule has 0 aromatic heterocycles. The van der Waals surface area contributed by atoms with Crippen LogP contribution in [0.4, 0.5) is 15.8 Å². The Morgan fingerprint density at radius 3 is 2.90 bits per heavy atom. The van der Waals surface area contributed by atoms with E-state index in [0.29, 0.717) is 19.6 Å². The van der Waals surface area contributed by atoms with Crippen LogP contribution >= 0.6 is 0 Å². The van der Waals surface area contributed by atoms with Crippen LogP contribution < -0.4 is 16.0 Å². The first kappa shape index (κ1) is 14.1. The molecular formula is C13H16FN3O3. The molecule has 108 valence electrons. The Kier molecular flexibility index (Phi) is 4.07. The number of carbonyl (C=O) groups is 2. The summed E-state index contributed by atoms with van der Waals surface area (Å²) in [6, 6.07) is 2.47. The number of nitrogen functional groups attached to an aromatic ring is 1. The summed E-state index contributed by atoms with van der Waals surface area (Å²) < 4.78 is 18.6. The van der Waals surface area contributed by atoms with Gasteiger partial charge in [-0.3, -0.25) is 4.79 Å². The molecule has 1 heterocycles. The van der Waals surface area contributed by atoms with Crippen LogP contribution in [-0.4, -0.2) is 38.6 Å². The van der Waals surface area contributed by atoms with E-state index in [1.54, 1.807) is 4.90 Å². The number of nitrogens with one attached hydrogen (secondary N) is 1. The average Bonchev–Trinajstić information content (AvgIpc) is 2.63. The van der Waals surface area contributed by atoms with E-state index in [9.17, 15) is 14.0 Å². The molecule has 20 heavy (non-hydrogen) atoms. The predicted molar refractivity (Wildman–Crippen MR) is 72.0 cm³/mol.